The number of nitrogens with zero attached hydrogens (tertiary/aromatic N) is 3. The van der Waals surface area contributed by atoms with Crippen LogP contribution < -0.4 is 5.43 Å². The third kappa shape index (κ3) is 3.32. The summed E-state index contributed by atoms with van der Waals surface area (Å²) < 4.78 is 0.436. The highest BCUT2D eigenvalue weighted by Gasteiger charge is 2.37. The van der Waals surface area contributed by atoms with Crippen molar-refractivity contribution in [3.05, 3.63) is 60.7 Å². The van der Waals surface area contributed by atoms with E-state index in [2.05, 4.69) is 15.7 Å². The maximum Gasteiger partial charge on any atom is 0.284 e. The zero-order valence-electron chi connectivity index (χ0n) is 11.4. The first-order valence-corrected chi connectivity index (χ1v) is 7.85. The van der Waals surface area contributed by atoms with Crippen LogP contribution in [-0.4, -0.2) is 20.6 Å². The molecule has 1 aliphatic rings. The largest absolute Gasteiger partial charge is 0.290 e. The van der Waals surface area contributed by atoms with Gasteiger partial charge in [0.05, 0.1) is 11.4 Å². The van der Waals surface area contributed by atoms with Gasteiger partial charge in [-0.25, -0.2) is 5.01 Å². The van der Waals surface area contributed by atoms with Gasteiger partial charge in [0.25, 0.3) is 5.91 Å². The van der Waals surface area contributed by atoms with Gasteiger partial charge in [0, 0.05) is 0 Å². The Balaban J connectivity index is 1.70. The summed E-state index contributed by atoms with van der Waals surface area (Å²) in [5.74, 6) is -0.224. The molecule has 1 saturated heterocycles. The standard InChI is InChI=1S/C15H12N4OS2/c20-14-13(17-16-11-7-3-1-4-8-11)22-15(21)19(14)18-12-9-5-2-6-10-12/h1-10,13,18H. The first kappa shape index (κ1) is 14.7. The van der Waals surface area contributed by atoms with Crippen LogP contribution >= 0.6 is 24.0 Å². The van der Waals surface area contributed by atoms with Crippen molar-refractivity contribution < 1.29 is 4.79 Å². The summed E-state index contributed by atoms with van der Waals surface area (Å²) in [6.07, 6.45) is 0. The van der Waals surface area contributed by atoms with Crippen LogP contribution in [0.15, 0.2) is 70.9 Å². The smallest absolute Gasteiger partial charge is 0.284 e. The van der Waals surface area contributed by atoms with Gasteiger partial charge in [-0.15, -0.1) is 0 Å². The lowest BCUT2D eigenvalue weighted by atomic mass is 10.3. The summed E-state index contributed by atoms with van der Waals surface area (Å²) in [4.78, 5) is 12.3. The van der Waals surface area contributed by atoms with E-state index in [9.17, 15) is 4.79 Å². The molecule has 3 rings (SSSR count). The minimum Gasteiger partial charge on any atom is -0.290 e. The molecular weight excluding hydrogens is 316 g/mol. The zero-order valence-corrected chi connectivity index (χ0v) is 13.1. The van der Waals surface area contributed by atoms with Crippen LogP contribution in [0.1, 0.15) is 0 Å². The number of thiocarbonyl (C=S) groups is 1. The molecule has 0 aromatic heterocycles. The second kappa shape index (κ2) is 6.67. The molecule has 1 fully saturated rings. The molecule has 0 bridgehead atoms. The fraction of sp³-hybridized carbons (Fsp3) is 0.0667. The lowest BCUT2D eigenvalue weighted by molar-refractivity contribution is -0.125. The molecule has 0 aliphatic carbocycles. The maximum absolute atomic E-state index is 12.3. The van der Waals surface area contributed by atoms with Crippen LogP contribution in [0, 0.1) is 0 Å². The lowest BCUT2D eigenvalue weighted by Crippen LogP contribution is -2.35. The van der Waals surface area contributed by atoms with Gasteiger partial charge in [0.2, 0.25) is 5.37 Å². The Morgan fingerprint density at radius 3 is 2.36 bits per heavy atom. The Labute approximate surface area is 137 Å². The van der Waals surface area contributed by atoms with E-state index in [0.29, 0.717) is 10.0 Å². The third-order valence-corrected chi connectivity index (χ3v) is 4.25. The van der Waals surface area contributed by atoms with Crippen molar-refractivity contribution in [3.8, 4) is 0 Å². The summed E-state index contributed by atoms with van der Waals surface area (Å²) in [6.45, 7) is 0. The van der Waals surface area contributed by atoms with Crippen LogP contribution in [0.5, 0.6) is 0 Å². The summed E-state index contributed by atoms with van der Waals surface area (Å²) in [7, 11) is 0. The van der Waals surface area contributed by atoms with Crippen molar-refractivity contribution in [2.45, 2.75) is 5.37 Å². The second-order valence-corrected chi connectivity index (χ2v) is 6.15. The molecule has 0 saturated carbocycles. The summed E-state index contributed by atoms with van der Waals surface area (Å²) in [5.41, 5.74) is 4.48. The van der Waals surface area contributed by atoms with E-state index in [0.717, 1.165) is 5.69 Å². The van der Waals surface area contributed by atoms with Gasteiger partial charge in [0.1, 0.15) is 0 Å². The number of amides is 1. The Hall–Kier alpha value is -2.25. The Morgan fingerprint density at radius 1 is 1.05 bits per heavy atom. The molecule has 1 atom stereocenters. The number of hydrogen-bond donors (Lipinski definition) is 1. The quantitative estimate of drug-likeness (QED) is 0.681. The van der Waals surface area contributed by atoms with Crippen molar-refractivity contribution in [1.29, 1.82) is 0 Å². The van der Waals surface area contributed by atoms with Gasteiger partial charge in [-0.2, -0.15) is 10.2 Å². The van der Waals surface area contributed by atoms with Gasteiger partial charge < -0.3 is 0 Å². The molecular formula is C15H12N4OS2. The average molecular weight is 328 g/mol. The topological polar surface area (TPSA) is 57.1 Å². The summed E-state index contributed by atoms with van der Waals surface area (Å²) in [5, 5.41) is 8.86. The SMILES string of the molecule is O=C1C(N=Nc2ccccc2)SC(=S)N1Nc1ccccc1. The molecule has 1 N–H and O–H groups in total. The Morgan fingerprint density at radius 2 is 1.68 bits per heavy atom. The Kier molecular flexibility index (Phi) is 4.45. The van der Waals surface area contributed by atoms with E-state index in [1.807, 2.05) is 60.7 Å². The van der Waals surface area contributed by atoms with Crippen LogP contribution in [0.3, 0.4) is 0 Å². The number of hydrogen-bond acceptors (Lipinski definition) is 6. The van der Waals surface area contributed by atoms with Crippen molar-refractivity contribution in [2.24, 2.45) is 10.2 Å². The van der Waals surface area contributed by atoms with Crippen molar-refractivity contribution in [1.82, 2.24) is 5.01 Å². The van der Waals surface area contributed by atoms with Gasteiger partial charge in [-0.05, 0) is 24.3 Å². The van der Waals surface area contributed by atoms with E-state index in [-0.39, 0.29) is 5.91 Å². The van der Waals surface area contributed by atoms with E-state index in [1.165, 1.54) is 16.8 Å². The predicted molar refractivity (Wildman–Crippen MR) is 91.8 cm³/mol. The summed E-state index contributed by atoms with van der Waals surface area (Å²) >= 11 is 6.43. The van der Waals surface area contributed by atoms with E-state index in [1.54, 1.807) is 0 Å². The number of rotatable bonds is 4. The van der Waals surface area contributed by atoms with E-state index < -0.39 is 5.37 Å². The van der Waals surface area contributed by atoms with Crippen molar-refractivity contribution >= 4 is 45.6 Å². The first-order chi connectivity index (χ1) is 10.7. The number of para-hydroxylation sites is 1. The fourth-order valence-electron chi connectivity index (χ4n) is 1.83. The summed E-state index contributed by atoms with van der Waals surface area (Å²) in [6, 6.07) is 18.7. The highest BCUT2D eigenvalue weighted by atomic mass is 32.2. The van der Waals surface area contributed by atoms with Gasteiger partial charge >= 0.3 is 0 Å². The molecule has 22 heavy (non-hydrogen) atoms. The van der Waals surface area contributed by atoms with E-state index in [4.69, 9.17) is 12.2 Å². The van der Waals surface area contributed by atoms with Crippen LogP contribution in [0.25, 0.3) is 0 Å². The van der Waals surface area contributed by atoms with Crippen LogP contribution in [0.4, 0.5) is 11.4 Å². The molecule has 1 amide bonds. The molecule has 1 heterocycles. The third-order valence-electron chi connectivity index (χ3n) is 2.88. The molecule has 110 valence electrons. The number of azo groups is 1. The fourth-order valence-corrected chi connectivity index (χ4v) is 2.97. The highest BCUT2D eigenvalue weighted by Crippen LogP contribution is 2.29. The molecule has 2 aromatic carbocycles. The number of nitrogens with one attached hydrogen (secondary N) is 1. The zero-order chi connectivity index (χ0) is 15.4. The van der Waals surface area contributed by atoms with E-state index >= 15 is 0 Å². The molecule has 5 nitrogen and oxygen atoms in total. The molecule has 7 heteroatoms. The number of carbonyl (C=O) groups excluding carboxylic acids is 1. The maximum atomic E-state index is 12.3. The minimum atomic E-state index is -0.649. The van der Waals surface area contributed by atoms with Crippen LogP contribution in [-0.2, 0) is 4.79 Å². The first-order valence-electron chi connectivity index (χ1n) is 6.56. The van der Waals surface area contributed by atoms with Gasteiger partial charge in [-0.3, -0.25) is 10.2 Å². The number of thioether (sulfide) groups is 1. The molecule has 1 aliphatic heterocycles. The number of carbonyl (C=O) groups is 1. The normalized spacial score (nSPS) is 18.2. The predicted octanol–water partition coefficient (Wildman–Crippen LogP) is 3.98. The average Bonchev–Trinajstić information content (AvgIpc) is 2.82. The molecule has 1 unspecified atom stereocenters. The molecule has 0 spiro atoms. The minimum absolute atomic E-state index is 0.224. The van der Waals surface area contributed by atoms with Crippen LogP contribution in [0.2, 0.25) is 0 Å². The van der Waals surface area contributed by atoms with Crippen molar-refractivity contribution in [2.75, 3.05) is 5.43 Å². The van der Waals surface area contributed by atoms with Gasteiger partial charge in [0.15, 0.2) is 4.32 Å². The Bertz CT molecular complexity index is 706. The monoisotopic (exact) mass is 328 g/mol. The molecule has 0 radical (unpaired) electrons. The lowest BCUT2D eigenvalue weighted by Gasteiger charge is -2.17. The number of hydrazine groups is 1. The van der Waals surface area contributed by atoms with Crippen molar-refractivity contribution in [3.63, 3.8) is 0 Å². The number of benzene rings is 2. The second-order valence-electron chi connectivity index (χ2n) is 4.44. The number of anilines is 1. The van der Waals surface area contributed by atoms with Gasteiger partial charge in [-0.1, -0.05) is 60.4 Å². The highest BCUT2D eigenvalue weighted by molar-refractivity contribution is 8.24. The molecule has 2 aromatic rings.